The number of aryl methyl sites for hydroxylation is 1. The molecule has 1 aromatic carbocycles. The summed E-state index contributed by atoms with van der Waals surface area (Å²) in [6.45, 7) is 1.96. The Kier molecular flexibility index (Phi) is 4.00. The van der Waals surface area contributed by atoms with Crippen molar-refractivity contribution < 1.29 is 8.78 Å². The normalized spacial score (nSPS) is 18.5. The van der Waals surface area contributed by atoms with Gasteiger partial charge in [0.1, 0.15) is 0 Å². The van der Waals surface area contributed by atoms with E-state index < -0.39 is 5.92 Å². The second-order valence-corrected chi connectivity index (χ2v) is 6.16. The highest BCUT2D eigenvalue weighted by Crippen LogP contribution is 2.42. The van der Waals surface area contributed by atoms with Crippen LogP contribution in [0.5, 0.6) is 0 Å². The van der Waals surface area contributed by atoms with Gasteiger partial charge in [0.2, 0.25) is 0 Å². The first-order valence-electron chi connectivity index (χ1n) is 6.96. The Morgan fingerprint density at radius 1 is 1.36 bits per heavy atom. The summed E-state index contributed by atoms with van der Waals surface area (Å²) in [6, 6.07) is 5.15. The molecule has 0 saturated heterocycles. The summed E-state index contributed by atoms with van der Waals surface area (Å²) in [5.41, 5.74) is 2.19. The van der Waals surface area contributed by atoms with Crippen LogP contribution in [0.2, 0.25) is 10.0 Å². The molecule has 2 aromatic rings. The van der Waals surface area contributed by atoms with Crippen LogP contribution in [0.1, 0.15) is 30.2 Å². The van der Waals surface area contributed by atoms with E-state index >= 15 is 0 Å². The van der Waals surface area contributed by atoms with Gasteiger partial charge < -0.3 is 0 Å². The number of benzene rings is 1. The Hall–Kier alpha value is -1.39. The number of aromatic nitrogens is 2. The van der Waals surface area contributed by atoms with Gasteiger partial charge in [-0.05, 0) is 36.6 Å². The summed E-state index contributed by atoms with van der Waals surface area (Å²) in [4.78, 5) is 0. The van der Waals surface area contributed by atoms with E-state index in [1.807, 2.05) is 0 Å². The van der Waals surface area contributed by atoms with Gasteiger partial charge >= 0.3 is 0 Å². The van der Waals surface area contributed by atoms with Crippen molar-refractivity contribution in [3.63, 3.8) is 0 Å². The third kappa shape index (κ3) is 2.66. The molecule has 0 amide bonds. The van der Waals surface area contributed by atoms with Gasteiger partial charge in [-0.15, -0.1) is 0 Å². The molecule has 1 aliphatic rings. The number of allylic oxidation sites excluding steroid dienone is 2. The summed E-state index contributed by atoms with van der Waals surface area (Å²) >= 11 is 12.0. The minimum absolute atomic E-state index is 0.0383. The highest BCUT2D eigenvalue weighted by Gasteiger charge is 2.41. The maximum absolute atomic E-state index is 14.1. The molecule has 116 valence electrons. The van der Waals surface area contributed by atoms with E-state index in [1.165, 1.54) is 6.08 Å². The van der Waals surface area contributed by atoms with Gasteiger partial charge in [0.15, 0.2) is 0 Å². The van der Waals surface area contributed by atoms with E-state index in [-0.39, 0.29) is 12.0 Å². The molecule has 0 N–H and O–H groups in total. The van der Waals surface area contributed by atoms with Crippen molar-refractivity contribution in [2.24, 2.45) is 0 Å². The second kappa shape index (κ2) is 5.67. The fourth-order valence-electron chi connectivity index (χ4n) is 2.80. The summed E-state index contributed by atoms with van der Waals surface area (Å²) in [5, 5.41) is 5.31. The number of hydrogen-bond acceptors (Lipinski definition) is 1. The lowest BCUT2D eigenvalue weighted by Gasteiger charge is -2.26. The topological polar surface area (TPSA) is 17.8 Å². The number of alkyl halides is 2. The predicted molar refractivity (Wildman–Crippen MR) is 84.7 cm³/mol. The Bertz CT molecular complexity index is 751. The van der Waals surface area contributed by atoms with Gasteiger partial charge in [0.05, 0.1) is 18.4 Å². The van der Waals surface area contributed by atoms with Gasteiger partial charge in [0, 0.05) is 22.0 Å². The number of halogens is 4. The highest BCUT2D eigenvalue weighted by atomic mass is 35.5. The molecule has 0 saturated carbocycles. The van der Waals surface area contributed by atoms with Gasteiger partial charge in [-0.1, -0.05) is 35.3 Å². The maximum Gasteiger partial charge on any atom is 0.275 e. The molecule has 1 heterocycles. The van der Waals surface area contributed by atoms with E-state index in [9.17, 15) is 8.78 Å². The number of hydrogen-bond donors (Lipinski definition) is 0. The molecule has 3 rings (SSSR count). The Morgan fingerprint density at radius 2 is 2.14 bits per heavy atom. The van der Waals surface area contributed by atoms with Crippen LogP contribution in [-0.4, -0.2) is 15.7 Å². The molecule has 0 radical (unpaired) electrons. The molecule has 6 heteroatoms. The van der Waals surface area contributed by atoms with Crippen LogP contribution < -0.4 is 0 Å². The van der Waals surface area contributed by atoms with Crippen molar-refractivity contribution in [2.45, 2.75) is 32.2 Å². The first kappa shape index (κ1) is 15.5. The average molecular weight is 343 g/mol. The van der Waals surface area contributed by atoms with Crippen LogP contribution in [0.15, 0.2) is 30.5 Å². The third-order valence-electron chi connectivity index (χ3n) is 3.90. The zero-order chi connectivity index (χ0) is 15.9. The smallest absolute Gasteiger partial charge is 0.260 e. The molecule has 0 atom stereocenters. The van der Waals surface area contributed by atoms with E-state index in [0.29, 0.717) is 28.7 Å². The Labute approximate surface area is 137 Å². The molecule has 0 spiro atoms. The summed E-state index contributed by atoms with van der Waals surface area (Å²) in [6.07, 6.45) is 3.29. The Balaban J connectivity index is 2.03. The zero-order valence-electron chi connectivity index (χ0n) is 11.9. The zero-order valence-corrected chi connectivity index (χ0v) is 13.4. The average Bonchev–Trinajstić information content (AvgIpc) is 2.84. The van der Waals surface area contributed by atoms with Gasteiger partial charge in [-0.25, -0.2) is 8.78 Å². The summed E-state index contributed by atoms with van der Waals surface area (Å²) in [7, 11) is 0. The van der Waals surface area contributed by atoms with Crippen molar-refractivity contribution in [2.75, 3.05) is 0 Å². The van der Waals surface area contributed by atoms with Crippen LogP contribution in [0.3, 0.4) is 0 Å². The Morgan fingerprint density at radius 3 is 2.82 bits per heavy atom. The fourth-order valence-corrected chi connectivity index (χ4v) is 3.27. The van der Waals surface area contributed by atoms with Crippen molar-refractivity contribution in [3.05, 3.63) is 57.3 Å². The molecule has 1 aliphatic carbocycles. The maximum atomic E-state index is 14.1. The van der Waals surface area contributed by atoms with Gasteiger partial charge in [-0.2, -0.15) is 5.10 Å². The van der Waals surface area contributed by atoms with Gasteiger partial charge in [0.25, 0.3) is 5.92 Å². The van der Waals surface area contributed by atoms with Crippen molar-refractivity contribution >= 4 is 28.8 Å². The van der Waals surface area contributed by atoms with Gasteiger partial charge in [-0.3, -0.25) is 4.68 Å². The minimum atomic E-state index is -2.82. The molecule has 0 aliphatic heterocycles. The minimum Gasteiger partial charge on any atom is -0.260 e. The largest absolute Gasteiger partial charge is 0.275 e. The molecular formula is C16H14Cl2F2N2. The third-order valence-corrected chi connectivity index (χ3v) is 4.48. The van der Waals surface area contributed by atoms with E-state index in [1.54, 1.807) is 36.0 Å². The first-order valence-corrected chi connectivity index (χ1v) is 7.71. The van der Waals surface area contributed by atoms with E-state index in [2.05, 4.69) is 5.10 Å². The lowest BCUT2D eigenvalue weighted by atomic mass is 9.89. The SMILES string of the molecule is C/C=C1\c2c(cnn2Cc2ccc(Cl)cc2Cl)CCC1(F)F. The van der Waals surface area contributed by atoms with Crippen LogP contribution in [0, 0.1) is 0 Å². The molecule has 1 aromatic heterocycles. The number of rotatable bonds is 2. The second-order valence-electron chi connectivity index (χ2n) is 5.32. The lowest BCUT2D eigenvalue weighted by Crippen LogP contribution is -2.26. The van der Waals surface area contributed by atoms with Crippen LogP contribution in [0.4, 0.5) is 8.78 Å². The predicted octanol–water partition coefficient (Wildman–Crippen LogP) is 5.22. The highest BCUT2D eigenvalue weighted by molar-refractivity contribution is 6.35. The standard InChI is InChI=1S/C16H14Cl2F2N2/c1-2-13-15-10(5-6-16(13,19)20)8-21-22(15)9-11-3-4-12(17)7-14(11)18/h2-4,7-8H,5-6,9H2,1H3/b13-2+. The molecule has 0 unspecified atom stereocenters. The molecule has 0 bridgehead atoms. The van der Waals surface area contributed by atoms with Crippen molar-refractivity contribution in [1.29, 1.82) is 0 Å². The number of nitrogens with zero attached hydrogens (tertiary/aromatic N) is 2. The van der Waals surface area contributed by atoms with Crippen LogP contribution >= 0.6 is 23.2 Å². The molecule has 2 nitrogen and oxygen atoms in total. The molecule has 22 heavy (non-hydrogen) atoms. The van der Waals surface area contributed by atoms with Crippen LogP contribution in [-0.2, 0) is 13.0 Å². The van der Waals surface area contributed by atoms with Crippen molar-refractivity contribution in [1.82, 2.24) is 9.78 Å². The van der Waals surface area contributed by atoms with Crippen molar-refractivity contribution in [3.8, 4) is 0 Å². The monoisotopic (exact) mass is 342 g/mol. The lowest BCUT2D eigenvalue weighted by molar-refractivity contribution is 0.0532. The summed E-state index contributed by atoms with van der Waals surface area (Å²) < 4.78 is 29.8. The van der Waals surface area contributed by atoms with Crippen LogP contribution in [0.25, 0.3) is 5.57 Å². The fraction of sp³-hybridized carbons (Fsp3) is 0.312. The molecular weight excluding hydrogens is 329 g/mol. The summed E-state index contributed by atoms with van der Waals surface area (Å²) in [5.74, 6) is -2.82. The first-order chi connectivity index (χ1) is 10.4. The number of fused-ring (bicyclic) bond motifs is 1. The quantitative estimate of drug-likeness (QED) is 0.731. The van der Waals surface area contributed by atoms with E-state index in [0.717, 1.165) is 11.1 Å². The van der Waals surface area contributed by atoms with E-state index in [4.69, 9.17) is 23.2 Å². The molecule has 0 fully saturated rings.